The van der Waals surface area contributed by atoms with Gasteiger partial charge >= 0.3 is 12.1 Å². The highest BCUT2D eigenvalue weighted by Gasteiger charge is 2.39. The molecule has 1 fully saturated rings. The number of nitrogens with zero attached hydrogens (tertiary/aromatic N) is 2. The Morgan fingerprint density at radius 1 is 1.15 bits per heavy atom. The summed E-state index contributed by atoms with van der Waals surface area (Å²) >= 11 is 0. The van der Waals surface area contributed by atoms with Gasteiger partial charge in [-0.05, 0) is 22.3 Å². The van der Waals surface area contributed by atoms with Gasteiger partial charge in [-0.25, -0.2) is 19.4 Å². The van der Waals surface area contributed by atoms with E-state index in [-0.39, 0.29) is 25.8 Å². The van der Waals surface area contributed by atoms with Crippen LogP contribution in [0, 0.1) is 0 Å². The van der Waals surface area contributed by atoms with Crippen molar-refractivity contribution >= 4 is 18.1 Å². The van der Waals surface area contributed by atoms with Crippen molar-refractivity contribution in [1.29, 1.82) is 0 Å². The molecule has 1 saturated heterocycles. The number of rotatable bonds is 4. The van der Waals surface area contributed by atoms with E-state index in [1.807, 2.05) is 36.4 Å². The van der Waals surface area contributed by atoms with Gasteiger partial charge in [0, 0.05) is 5.92 Å². The summed E-state index contributed by atoms with van der Waals surface area (Å²) in [5.41, 5.74) is 4.46. The van der Waals surface area contributed by atoms with Crippen LogP contribution in [0.4, 0.5) is 4.79 Å². The molecule has 0 N–H and O–H groups in total. The fourth-order valence-electron chi connectivity index (χ4n) is 3.60. The van der Waals surface area contributed by atoms with Gasteiger partial charge in [-0.3, -0.25) is 4.90 Å². The maximum atomic E-state index is 12.5. The lowest BCUT2D eigenvalue weighted by molar-refractivity contribution is -0.138. The maximum absolute atomic E-state index is 12.5. The minimum atomic E-state index is -0.956. The number of ether oxygens (including phenoxy) is 2. The lowest BCUT2D eigenvalue weighted by Crippen LogP contribution is -2.40. The van der Waals surface area contributed by atoms with Gasteiger partial charge in [0.2, 0.25) is 6.08 Å². The van der Waals surface area contributed by atoms with Crippen LogP contribution >= 0.6 is 0 Å². The van der Waals surface area contributed by atoms with Crippen LogP contribution in [-0.4, -0.2) is 49.0 Å². The standard InChI is InChI=1S/C20H16N2O5/c23-11-21-9-18-19(24)27-12-22(18)20(25)26-10-17-15-7-3-1-5-13(15)14-6-2-4-8-16(14)17/h1-8,17-18H,9-10,12H2/t18-/m0/s1. The van der Waals surface area contributed by atoms with Crippen LogP contribution in [-0.2, 0) is 19.1 Å². The fourth-order valence-corrected chi connectivity index (χ4v) is 3.60. The predicted octanol–water partition coefficient (Wildman–Crippen LogP) is 2.46. The number of hydrogen-bond donors (Lipinski definition) is 0. The third-order valence-corrected chi connectivity index (χ3v) is 4.89. The van der Waals surface area contributed by atoms with E-state index >= 15 is 0 Å². The smallest absolute Gasteiger partial charge is 0.413 e. The zero-order valence-corrected chi connectivity index (χ0v) is 14.3. The third kappa shape index (κ3) is 2.98. The SMILES string of the molecule is O=C=NC[C@H]1C(=O)OCN1C(=O)OCC1c2ccccc2-c2ccccc21. The highest BCUT2D eigenvalue weighted by molar-refractivity contribution is 5.84. The molecule has 1 aliphatic heterocycles. The van der Waals surface area contributed by atoms with Crippen LogP contribution in [0.15, 0.2) is 53.5 Å². The van der Waals surface area contributed by atoms with Gasteiger partial charge in [0.05, 0.1) is 6.54 Å². The molecule has 2 aromatic rings. The molecule has 0 radical (unpaired) electrons. The summed E-state index contributed by atoms with van der Waals surface area (Å²) in [6.45, 7) is -0.262. The van der Waals surface area contributed by atoms with Crippen LogP contribution < -0.4 is 0 Å². The molecule has 1 aliphatic carbocycles. The first kappa shape index (κ1) is 17.0. The summed E-state index contributed by atoms with van der Waals surface area (Å²) in [4.78, 5) is 39.0. The van der Waals surface area contributed by atoms with Crippen molar-refractivity contribution in [3.8, 4) is 11.1 Å². The largest absolute Gasteiger partial charge is 0.448 e. The molecule has 4 rings (SSSR count). The topological polar surface area (TPSA) is 85.3 Å². The molecule has 136 valence electrons. The molecule has 2 aliphatic rings. The summed E-state index contributed by atoms with van der Waals surface area (Å²) in [7, 11) is 0. The van der Waals surface area contributed by atoms with E-state index in [4.69, 9.17) is 9.47 Å². The number of fused-ring (bicyclic) bond motifs is 3. The van der Waals surface area contributed by atoms with Crippen molar-refractivity contribution < 1.29 is 23.9 Å². The Bertz CT molecular complexity index is 905. The molecule has 0 bridgehead atoms. The average molecular weight is 364 g/mol. The van der Waals surface area contributed by atoms with Crippen molar-refractivity contribution in [1.82, 2.24) is 4.90 Å². The quantitative estimate of drug-likeness (QED) is 0.473. The summed E-state index contributed by atoms with van der Waals surface area (Å²) < 4.78 is 10.4. The van der Waals surface area contributed by atoms with Crippen molar-refractivity contribution in [2.45, 2.75) is 12.0 Å². The second-order valence-electron chi connectivity index (χ2n) is 6.31. The van der Waals surface area contributed by atoms with Gasteiger partial charge in [-0.2, -0.15) is 0 Å². The summed E-state index contributed by atoms with van der Waals surface area (Å²) in [6, 6.07) is 15.1. The summed E-state index contributed by atoms with van der Waals surface area (Å²) in [5.74, 6) is -0.686. The van der Waals surface area contributed by atoms with E-state index in [9.17, 15) is 14.4 Å². The molecule has 27 heavy (non-hydrogen) atoms. The molecule has 1 amide bonds. The predicted molar refractivity (Wildman–Crippen MR) is 94.6 cm³/mol. The third-order valence-electron chi connectivity index (χ3n) is 4.89. The number of hydrogen-bond acceptors (Lipinski definition) is 6. The minimum Gasteiger partial charge on any atom is -0.448 e. The number of aliphatic imine (C=N–C) groups is 1. The number of isocyanates is 1. The second-order valence-corrected chi connectivity index (χ2v) is 6.31. The maximum Gasteiger partial charge on any atom is 0.413 e. The number of esters is 1. The highest BCUT2D eigenvalue weighted by Crippen LogP contribution is 2.44. The van der Waals surface area contributed by atoms with Crippen LogP contribution in [0.1, 0.15) is 17.0 Å². The monoisotopic (exact) mass is 364 g/mol. The normalized spacial score (nSPS) is 17.7. The van der Waals surface area contributed by atoms with E-state index < -0.39 is 18.1 Å². The molecular weight excluding hydrogens is 348 g/mol. The molecule has 7 heteroatoms. The van der Waals surface area contributed by atoms with Crippen LogP contribution in [0.2, 0.25) is 0 Å². The number of carbonyl (C=O) groups is 2. The van der Waals surface area contributed by atoms with Crippen molar-refractivity contribution in [2.75, 3.05) is 19.9 Å². The van der Waals surface area contributed by atoms with Gasteiger partial charge in [0.25, 0.3) is 0 Å². The van der Waals surface area contributed by atoms with Gasteiger partial charge in [0.15, 0.2) is 12.8 Å². The Morgan fingerprint density at radius 3 is 2.41 bits per heavy atom. The summed E-state index contributed by atoms with van der Waals surface area (Å²) in [5, 5.41) is 0. The van der Waals surface area contributed by atoms with Gasteiger partial charge < -0.3 is 9.47 Å². The van der Waals surface area contributed by atoms with Crippen molar-refractivity contribution in [3.05, 3.63) is 59.7 Å². The Hall–Kier alpha value is -3.44. The van der Waals surface area contributed by atoms with E-state index in [1.165, 1.54) is 6.08 Å². The van der Waals surface area contributed by atoms with E-state index in [0.717, 1.165) is 27.2 Å². The van der Waals surface area contributed by atoms with Crippen LogP contribution in [0.3, 0.4) is 0 Å². The Labute approximate surface area is 155 Å². The van der Waals surface area contributed by atoms with Gasteiger partial charge in [-0.15, -0.1) is 0 Å². The molecule has 0 spiro atoms. The minimum absolute atomic E-state index is 0.0768. The Balaban J connectivity index is 1.51. The first-order chi connectivity index (χ1) is 13.2. The van der Waals surface area contributed by atoms with Crippen molar-refractivity contribution in [2.24, 2.45) is 4.99 Å². The van der Waals surface area contributed by atoms with E-state index in [0.29, 0.717) is 0 Å². The highest BCUT2D eigenvalue weighted by atomic mass is 16.6. The molecule has 0 unspecified atom stereocenters. The molecule has 1 atom stereocenters. The zero-order valence-electron chi connectivity index (χ0n) is 14.3. The number of carbonyl (C=O) groups excluding carboxylic acids is 3. The Morgan fingerprint density at radius 2 is 1.78 bits per heavy atom. The molecule has 1 heterocycles. The van der Waals surface area contributed by atoms with Crippen LogP contribution in [0.5, 0.6) is 0 Å². The van der Waals surface area contributed by atoms with Gasteiger partial charge in [0.1, 0.15) is 6.61 Å². The van der Waals surface area contributed by atoms with Crippen LogP contribution in [0.25, 0.3) is 11.1 Å². The van der Waals surface area contributed by atoms with Crippen molar-refractivity contribution in [3.63, 3.8) is 0 Å². The lowest BCUT2D eigenvalue weighted by atomic mass is 9.98. The summed E-state index contributed by atoms with van der Waals surface area (Å²) in [6.07, 6.45) is 0.689. The fraction of sp³-hybridized carbons (Fsp3) is 0.250. The zero-order chi connectivity index (χ0) is 18.8. The molecule has 2 aromatic carbocycles. The average Bonchev–Trinajstić information content (AvgIpc) is 3.22. The van der Waals surface area contributed by atoms with E-state index in [2.05, 4.69) is 17.1 Å². The molecule has 7 nitrogen and oxygen atoms in total. The lowest BCUT2D eigenvalue weighted by Gasteiger charge is -2.20. The number of benzene rings is 2. The first-order valence-electron chi connectivity index (χ1n) is 8.52. The Kier molecular flexibility index (Phi) is 4.44. The molecule has 0 aromatic heterocycles. The first-order valence-corrected chi connectivity index (χ1v) is 8.52. The van der Waals surface area contributed by atoms with E-state index in [1.54, 1.807) is 0 Å². The molecule has 0 saturated carbocycles. The molecular formula is C20H16N2O5. The second kappa shape index (κ2) is 7.05. The number of amides is 1. The van der Waals surface area contributed by atoms with Gasteiger partial charge in [-0.1, -0.05) is 48.5 Å². The number of cyclic esters (lactones) is 1.